The lowest BCUT2D eigenvalue weighted by Crippen LogP contribution is -2.15. The Morgan fingerprint density at radius 3 is 2.46 bits per heavy atom. The largest absolute Gasteiger partial charge is 0.393 e. The van der Waals surface area contributed by atoms with Gasteiger partial charge < -0.3 is 9.84 Å². The molecule has 1 aliphatic rings. The number of hydrogen-bond donors (Lipinski definition) is 1. The Morgan fingerprint density at radius 1 is 1.46 bits per heavy atom. The van der Waals surface area contributed by atoms with Crippen LogP contribution in [0.5, 0.6) is 0 Å². The summed E-state index contributed by atoms with van der Waals surface area (Å²) in [6, 6.07) is 0. The van der Waals surface area contributed by atoms with Gasteiger partial charge in [-0.2, -0.15) is 0 Å². The molecule has 0 bridgehead atoms. The molecule has 2 nitrogen and oxygen atoms in total. The second-order valence-corrected chi connectivity index (χ2v) is 4.98. The first kappa shape index (κ1) is 10.7. The van der Waals surface area contributed by atoms with E-state index in [0.29, 0.717) is 5.41 Å². The first-order valence-electron chi connectivity index (χ1n) is 4.89. The molecule has 76 valence electrons. The van der Waals surface area contributed by atoms with Crippen LogP contribution in [0.15, 0.2) is 11.6 Å². The minimum absolute atomic E-state index is 0.0765. The zero-order valence-electron chi connectivity index (χ0n) is 9.00. The summed E-state index contributed by atoms with van der Waals surface area (Å²) in [6.45, 7) is 8.79. The lowest BCUT2D eigenvalue weighted by atomic mass is 9.86. The van der Waals surface area contributed by atoms with Gasteiger partial charge in [0.25, 0.3) is 0 Å². The predicted octanol–water partition coefficient (Wildman–Crippen LogP) is 2.13. The van der Waals surface area contributed by atoms with Crippen molar-refractivity contribution in [1.82, 2.24) is 0 Å². The predicted molar refractivity (Wildman–Crippen MR) is 53.6 cm³/mol. The summed E-state index contributed by atoms with van der Waals surface area (Å²) in [5, 5.41) is 8.93. The molecular weight excluding hydrogens is 164 g/mol. The van der Waals surface area contributed by atoms with Gasteiger partial charge in [-0.05, 0) is 24.3 Å². The van der Waals surface area contributed by atoms with Gasteiger partial charge >= 0.3 is 0 Å². The fourth-order valence-electron chi connectivity index (χ4n) is 1.67. The number of aliphatic hydroxyl groups excluding tert-OH is 1. The average molecular weight is 184 g/mol. The third-order valence-corrected chi connectivity index (χ3v) is 2.22. The molecule has 0 spiro atoms. The molecule has 1 N–H and O–H groups in total. The molecular formula is C11H20O2. The Labute approximate surface area is 80.6 Å². The quantitative estimate of drug-likeness (QED) is 0.666. The molecule has 13 heavy (non-hydrogen) atoms. The van der Waals surface area contributed by atoms with Crippen LogP contribution in [0.4, 0.5) is 0 Å². The van der Waals surface area contributed by atoms with E-state index in [2.05, 4.69) is 26.8 Å². The number of rotatable bonds is 2. The smallest absolute Gasteiger partial charge is 0.0998 e. The summed E-state index contributed by atoms with van der Waals surface area (Å²) in [4.78, 5) is 0. The molecule has 0 aliphatic carbocycles. The van der Waals surface area contributed by atoms with Crippen molar-refractivity contribution in [2.24, 2.45) is 5.41 Å². The molecule has 0 aromatic carbocycles. The van der Waals surface area contributed by atoms with Crippen molar-refractivity contribution in [3.63, 3.8) is 0 Å². The van der Waals surface area contributed by atoms with Crippen molar-refractivity contribution in [2.45, 2.75) is 46.3 Å². The number of aliphatic hydroxyl groups is 1. The van der Waals surface area contributed by atoms with Gasteiger partial charge in [0.15, 0.2) is 0 Å². The van der Waals surface area contributed by atoms with E-state index in [1.54, 1.807) is 0 Å². The van der Waals surface area contributed by atoms with Gasteiger partial charge in [-0.25, -0.2) is 0 Å². The molecule has 0 saturated heterocycles. The second kappa shape index (κ2) is 3.81. The highest BCUT2D eigenvalue weighted by atomic mass is 16.5. The first-order chi connectivity index (χ1) is 5.92. The van der Waals surface area contributed by atoms with Crippen LogP contribution < -0.4 is 0 Å². The molecule has 0 aromatic rings. The van der Waals surface area contributed by atoms with Crippen LogP contribution in [0.1, 0.15) is 34.1 Å². The maximum atomic E-state index is 8.93. The van der Waals surface area contributed by atoms with Gasteiger partial charge in [0.1, 0.15) is 0 Å². The van der Waals surface area contributed by atoms with E-state index >= 15 is 0 Å². The van der Waals surface area contributed by atoms with Crippen molar-refractivity contribution in [2.75, 3.05) is 6.61 Å². The highest BCUT2D eigenvalue weighted by molar-refractivity contribution is 5.16. The summed E-state index contributed by atoms with van der Waals surface area (Å²) < 4.78 is 5.53. The maximum absolute atomic E-state index is 8.93. The van der Waals surface area contributed by atoms with Crippen LogP contribution in [0.25, 0.3) is 0 Å². The summed E-state index contributed by atoms with van der Waals surface area (Å²) >= 11 is 0. The maximum Gasteiger partial charge on any atom is 0.0998 e. The van der Waals surface area contributed by atoms with Crippen LogP contribution in [-0.4, -0.2) is 23.9 Å². The van der Waals surface area contributed by atoms with Crippen LogP contribution in [-0.2, 0) is 4.74 Å². The minimum atomic E-state index is -0.0765. The number of ether oxygens (including phenoxy) is 1. The molecule has 1 rings (SSSR count). The monoisotopic (exact) mass is 184 g/mol. The van der Waals surface area contributed by atoms with E-state index in [9.17, 15) is 0 Å². The summed E-state index contributed by atoms with van der Waals surface area (Å²) in [7, 11) is 0. The van der Waals surface area contributed by atoms with E-state index in [1.165, 1.54) is 5.57 Å². The molecule has 1 heterocycles. The molecule has 2 unspecified atom stereocenters. The Balaban J connectivity index is 2.59. The molecule has 0 saturated carbocycles. The normalized spacial score (nSPS) is 29.2. The van der Waals surface area contributed by atoms with Gasteiger partial charge in [-0.1, -0.05) is 26.8 Å². The summed E-state index contributed by atoms with van der Waals surface area (Å²) in [5.74, 6) is 0. The lowest BCUT2D eigenvalue weighted by molar-refractivity contribution is 0.0293. The molecule has 2 heteroatoms. The fourth-order valence-corrected chi connectivity index (χ4v) is 1.67. The SMILES string of the molecule is CC1OC(CO)C=C1CC(C)(C)C. The third kappa shape index (κ3) is 3.12. The standard InChI is InChI=1S/C11H20O2/c1-8-9(6-11(2,3)4)5-10(7-12)13-8/h5,8,10,12H,6-7H2,1-4H3. The highest BCUT2D eigenvalue weighted by Crippen LogP contribution is 2.31. The molecule has 0 aromatic heterocycles. The van der Waals surface area contributed by atoms with Crippen molar-refractivity contribution in [3.05, 3.63) is 11.6 Å². The molecule has 2 atom stereocenters. The molecule has 0 amide bonds. The van der Waals surface area contributed by atoms with Gasteiger partial charge in [0.2, 0.25) is 0 Å². The van der Waals surface area contributed by atoms with Gasteiger partial charge in [-0.15, -0.1) is 0 Å². The third-order valence-electron chi connectivity index (χ3n) is 2.22. The highest BCUT2D eigenvalue weighted by Gasteiger charge is 2.25. The lowest BCUT2D eigenvalue weighted by Gasteiger charge is -2.20. The van der Waals surface area contributed by atoms with Crippen LogP contribution in [0, 0.1) is 5.41 Å². The average Bonchev–Trinajstić information content (AvgIpc) is 2.29. The van der Waals surface area contributed by atoms with Gasteiger partial charge in [-0.3, -0.25) is 0 Å². The molecule has 0 radical (unpaired) electrons. The van der Waals surface area contributed by atoms with Crippen LogP contribution in [0.2, 0.25) is 0 Å². The van der Waals surface area contributed by atoms with E-state index in [-0.39, 0.29) is 18.8 Å². The topological polar surface area (TPSA) is 29.5 Å². The summed E-state index contributed by atoms with van der Waals surface area (Å²) in [6.07, 6.45) is 3.21. The Bertz CT molecular complexity index is 201. The minimum Gasteiger partial charge on any atom is -0.393 e. The van der Waals surface area contributed by atoms with E-state index < -0.39 is 0 Å². The Kier molecular flexibility index (Phi) is 3.14. The van der Waals surface area contributed by atoms with Crippen molar-refractivity contribution < 1.29 is 9.84 Å². The number of hydrogen-bond acceptors (Lipinski definition) is 2. The Morgan fingerprint density at radius 2 is 2.08 bits per heavy atom. The van der Waals surface area contributed by atoms with Crippen molar-refractivity contribution in [3.8, 4) is 0 Å². The van der Waals surface area contributed by atoms with Crippen LogP contribution >= 0.6 is 0 Å². The summed E-state index contributed by atoms with van der Waals surface area (Å²) in [5.41, 5.74) is 1.62. The Hall–Kier alpha value is -0.340. The van der Waals surface area contributed by atoms with Crippen molar-refractivity contribution >= 4 is 0 Å². The fraction of sp³-hybridized carbons (Fsp3) is 0.818. The van der Waals surface area contributed by atoms with E-state index in [1.807, 2.05) is 6.92 Å². The van der Waals surface area contributed by atoms with E-state index in [0.717, 1.165) is 6.42 Å². The second-order valence-electron chi connectivity index (χ2n) is 4.98. The first-order valence-corrected chi connectivity index (χ1v) is 4.89. The molecule has 1 aliphatic heterocycles. The van der Waals surface area contributed by atoms with E-state index in [4.69, 9.17) is 9.84 Å². The zero-order chi connectivity index (χ0) is 10.1. The van der Waals surface area contributed by atoms with Gasteiger partial charge in [0, 0.05) is 0 Å². The van der Waals surface area contributed by atoms with Gasteiger partial charge in [0.05, 0.1) is 18.8 Å². The zero-order valence-corrected chi connectivity index (χ0v) is 9.00. The molecule has 0 fully saturated rings. The van der Waals surface area contributed by atoms with Crippen molar-refractivity contribution in [1.29, 1.82) is 0 Å². The van der Waals surface area contributed by atoms with Crippen LogP contribution in [0.3, 0.4) is 0 Å².